The number of carbonyl (C=O) groups excluding carboxylic acids is 1. The fraction of sp³-hybridized carbons (Fsp3) is 0.462. The maximum Gasteiger partial charge on any atom is 0 e. The molecule has 1 N–H and O–H groups in total. The van der Waals surface area contributed by atoms with Crippen molar-refractivity contribution in [2.45, 2.75) is 17.0 Å². The van der Waals surface area contributed by atoms with Gasteiger partial charge in [-0.2, -0.15) is 0 Å². The monoisotopic (exact) mass is 579 g/mol. The molecule has 3 nitrogen and oxygen atoms in total. The number of methoxy groups -OCH3 is 1. The zero-order chi connectivity index (χ0) is 13.4. The summed E-state index contributed by atoms with van der Waals surface area (Å²) in [5.74, 6) is 1.11. The quantitative estimate of drug-likeness (QED) is 0.401. The number of amides is 1. The summed E-state index contributed by atoms with van der Waals surface area (Å²) in [5, 5.41) is 2.90. The van der Waals surface area contributed by atoms with E-state index in [9.17, 15) is 4.79 Å². The molecule has 0 saturated heterocycles. The van der Waals surface area contributed by atoms with Crippen LogP contribution >= 0.6 is 11.8 Å². The SMILES string of the molecule is COC([Te])c1ccc(NC(=O)CCCSC)cc1.[Au]. The first-order valence-electron chi connectivity index (χ1n) is 5.74. The van der Waals surface area contributed by atoms with Gasteiger partial charge in [-0.3, -0.25) is 0 Å². The number of anilines is 1. The molecule has 0 spiro atoms. The van der Waals surface area contributed by atoms with Crippen LogP contribution in [0.4, 0.5) is 5.69 Å². The van der Waals surface area contributed by atoms with E-state index in [1.807, 2.05) is 52.8 Å². The van der Waals surface area contributed by atoms with Crippen molar-refractivity contribution in [3.63, 3.8) is 0 Å². The largest absolute Gasteiger partial charge is 0 e. The van der Waals surface area contributed by atoms with Gasteiger partial charge >= 0.3 is 126 Å². The topological polar surface area (TPSA) is 38.3 Å². The van der Waals surface area contributed by atoms with Gasteiger partial charge in [-0.1, -0.05) is 0 Å². The normalized spacial score (nSPS) is 11.5. The zero-order valence-corrected chi connectivity index (χ0v) is 16.3. The van der Waals surface area contributed by atoms with Crippen LogP contribution in [0.15, 0.2) is 24.3 Å². The number of hydrogen-bond acceptors (Lipinski definition) is 3. The van der Waals surface area contributed by atoms with Crippen LogP contribution in [0.5, 0.6) is 0 Å². The van der Waals surface area contributed by atoms with Gasteiger partial charge in [0, 0.05) is 22.4 Å². The Morgan fingerprint density at radius 1 is 1.42 bits per heavy atom. The zero-order valence-electron chi connectivity index (χ0n) is 10.9. The first-order chi connectivity index (χ1) is 8.67. The minimum atomic E-state index is 0. The average Bonchev–Trinajstić information content (AvgIpc) is 2.39. The Labute approximate surface area is 148 Å². The van der Waals surface area contributed by atoms with Crippen LogP contribution in [0.3, 0.4) is 0 Å². The molecule has 0 bridgehead atoms. The minimum Gasteiger partial charge on any atom is 0 e. The van der Waals surface area contributed by atoms with Crippen molar-refractivity contribution in [1.29, 1.82) is 0 Å². The Morgan fingerprint density at radius 3 is 2.58 bits per heavy atom. The fourth-order valence-corrected chi connectivity index (χ4v) is 2.34. The molecule has 0 aromatic heterocycles. The summed E-state index contributed by atoms with van der Waals surface area (Å²) >= 11 is 3.69. The van der Waals surface area contributed by atoms with Gasteiger partial charge in [-0.15, -0.1) is 0 Å². The molecule has 0 aliphatic rings. The van der Waals surface area contributed by atoms with Crippen molar-refractivity contribution in [1.82, 2.24) is 0 Å². The number of carbonyl (C=O) groups is 1. The molecule has 1 rings (SSSR count). The summed E-state index contributed by atoms with van der Waals surface area (Å²) in [5.41, 5.74) is 1.96. The number of thioether (sulfide) groups is 1. The van der Waals surface area contributed by atoms with E-state index in [0.29, 0.717) is 6.42 Å². The molecule has 0 aliphatic heterocycles. The van der Waals surface area contributed by atoms with E-state index in [0.717, 1.165) is 23.4 Å². The van der Waals surface area contributed by atoms with Crippen LogP contribution in [0.2, 0.25) is 0 Å². The molecule has 1 amide bonds. The molecule has 19 heavy (non-hydrogen) atoms. The predicted molar refractivity (Wildman–Crippen MR) is 78.2 cm³/mol. The number of benzene rings is 1. The molecular formula is C13H18AuNO2STe. The van der Waals surface area contributed by atoms with E-state index in [-0.39, 0.29) is 32.4 Å². The van der Waals surface area contributed by atoms with E-state index in [2.05, 4.69) is 5.32 Å². The molecule has 0 saturated carbocycles. The second kappa shape index (κ2) is 11.2. The van der Waals surface area contributed by atoms with Gasteiger partial charge in [0.25, 0.3) is 0 Å². The van der Waals surface area contributed by atoms with Gasteiger partial charge < -0.3 is 0 Å². The van der Waals surface area contributed by atoms with E-state index < -0.39 is 0 Å². The molecule has 1 aromatic carbocycles. The van der Waals surface area contributed by atoms with Crippen LogP contribution < -0.4 is 5.32 Å². The van der Waals surface area contributed by atoms with Crippen LogP contribution in [0.25, 0.3) is 0 Å². The standard InChI is InChI=1S/C13H18NO2STe.Au/c1-16-13(18)10-5-7-11(8-6-10)14-12(15)4-3-9-17-2;/h5-8,13H,3-4,9H2,1-2H3,(H,14,15);. The number of rotatable bonds is 7. The fourth-order valence-electron chi connectivity index (χ4n) is 1.46. The Kier molecular flexibility index (Phi) is 11.5. The molecule has 0 heterocycles. The van der Waals surface area contributed by atoms with Crippen LogP contribution in [-0.4, -0.2) is 47.3 Å². The number of hydrogen-bond donors (Lipinski definition) is 1. The van der Waals surface area contributed by atoms with Crippen LogP contribution in [0, 0.1) is 0 Å². The third-order valence-electron chi connectivity index (χ3n) is 2.43. The molecule has 110 valence electrons. The molecule has 1 unspecified atom stereocenters. The molecule has 2 radical (unpaired) electrons. The molecular weight excluding hydrogens is 559 g/mol. The van der Waals surface area contributed by atoms with Crippen molar-refractivity contribution in [2.24, 2.45) is 0 Å². The smallest absolute Gasteiger partial charge is 0 e. The summed E-state index contributed by atoms with van der Waals surface area (Å²) in [4.78, 5) is 11.6. The summed E-state index contributed by atoms with van der Waals surface area (Å²) < 4.78 is 5.33. The minimum absolute atomic E-state index is 0. The second-order valence-electron chi connectivity index (χ2n) is 3.83. The van der Waals surface area contributed by atoms with E-state index in [1.54, 1.807) is 18.9 Å². The Balaban J connectivity index is 0.00000324. The van der Waals surface area contributed by atoms with Crippen molar-refractivity contribution in [3.05, 3.63) is 29.8 Å². The number of nitrogens with one attached hydrogen (secondary N) is 1. The Morgan fingerprint density at radius 2 is 2.05 bits per heavy atom. The van der Waals surface area contributed by atoms with E-state index in [4.69, 9.17) is 4.74 Å². The maximum absolute atomic E-state index is 11.6. The van der Waals surface area contributed by atoms with Crippen molar-refractivity contribution >= 4 is 45.7 Å². The summed E-state index contributed by atoms with van der Waals surface area (Å²) in [7, 11) is 1.69. The summed E-state index contributed by atoms with van der Waals surface area (Å²) in [6.45, 7) is 0. The molecule has 0 aliphatic carbocycles. The summed E-state index contributed by atoms with van der Waals surface area (Å²) in [6, 6.07) is 7.79. The average molecular weight is 577 g/mol. The first kappa shape index (κ1) is 19.5. The van der Waals surface area contributed by atoms with E-state index in [1.165, 1.54) is 0 Å². The van der Waals surface area contributed by atoms with Crippen molar-refractivity contribution in [2.75, 3.05) is 24.4 Å². The van der Waals surface area contributed by atoms with Gasteiger partial charge in [0.2, 0.25) is 0 Å². The van der Waals surface area contributed by atoms with E-state index >= 15 is 0 Å². The maximum atomic E-state index is 11.6. The Hall–Kier alpha value is 0.530. The van der Waals surface area contributed by atoms with Crippen LogP contribution in [-0.2, 0) is 31.9 Å². The van der Waals surface area contributed by atoms with Gasteiger partial charge in [0.15, 0.2) is 0 Å². The second-order valence-corrected chi connectivity index (χ2v) is 6.04. The predicted octanol–water partition coefficient (Wildman–Crippen LogP) is 2.58. The van der Waals surface area contributed by atoms with Gasteiger partial charge in [0.1, 0.15) is 0 Å². The van der Waals surface area contributed by atoms with Crippen molar-refractivity contribution in [3.8, 4) is 0 Å². The number of ether oxygens (including phenoxy) is 1. The Bertz CT molecular complexity index is 375. The van der Waals surface area contributed by atoms with Crippen LogP contribution in [0.1, 0.15) is 22.6 Å². The van der Waals surface area contributed by atoms with Gasteiger partial charge in [0.05, 0.1) is 0 Å². The van der Waals surface area contributed by atoms with Gasteiger partial charge in [-0.05, 0) is 0 Å². The molecule has 6 heteroatoms. The molecule has 1 aromatic rings. The first-order valence-corrected chi connectivity index (χ1v) is 8.48. The molecule has 1 atom stereocenters. The molecule has 0 fully saturated rings. The third-order valence-corrected chi connectivity index (χ3v) is 4.46. The third kappa shape index (κ3) is 7.77. The summed E-state index contributed by atoms with van der Waals surface area (Å²) in [6.07, 6.45) is 3.55. The van der Waals surface area contributed by atoms with Gasteiger partial charge in [-0.25, -0.2) is 0 Å². The van der Waals surface area contributed by atoms with Crippen molar-refractivity contribution < 1.29 is 31.9 Å².